The van der Waals surface area contributed by atoms with E-state index in [0.29, 0.717) is 25.9 Å². The number of fused-ring (bicyclic) bond motifs is 1. The molecule has 5 N–H and O–H groups in total. The molecule has 1 heterocycles. The first-order valence-electron chi connectivity index (χ1n) is 12.0. The fraction of sp³-hybridized carbons (Fsp3) is 0.957. The van der Waals surface area contributed by atoms with Gasteiger partial charge in [0.05, 0.1) is 6.04 Å². The van der Waals surface area contributed by atoms with E-state index in [1.807, 2.05) is 32.6 Å². The molecule has 3 unspecified atom stereocenters. The number of amides is 1. The van der Waals surface area contributed by atoms with Gasteiger partial charge in [0.15, 0.2) is 0 Å². The molecule has 2 aliphatic rings. The predicted octanol–water partition coefficient (Wildman–Crippen LogP) is 3.18. The van der Waals surface area contributed by atoms with Gasteiger partial charge < -0.3 is 21.5 Å². The quantitative estimate of drug-likeness (QED) is 0.413. The van der Waals surface area contributed by atoms with Gasteiger partial charge in [-0.05, 0) is 65.3 Å². The maximum absolute atomic E-state index is 13.5. The van der Waals surface area contributed by atoms with E-state index in [2.05, 4.69) is 10.6 Å². The first-order chi connectivity index (χ1) is 14.9. The number of halogens is 3. The summed E-state index contributed by atoms with van der Waals surface area (Å²) in [5.74, 6) is 0.150. The number of nitrogens with zero attached hydrogens (tertiary/aromatic N) is 1. The molecule has 6 nitrogen and oxygen atoms in total. The summed E-state index contributed by atoms with van der Waals surface area (Å²) in [7, 11) is 1.00. The third kappa shape index (κ3) is 8.80. The topological polar surface area (TPSA) is 90.6 Å². The fourth-order valence-corrected chi connectivity index (χ4v) is 4.89. The number of carbonyl (C=O) groups excluding carboxylic acids is 1. The average Bonchev–Trinajstić information content (AvgIpc) is 2.68. The molecule has 0 spiro atoms. The summed E-state index contributed by atoms with van der Waals surface area (Å²) in [6.45, 7) is 8.75. The standard InChI is InChI=1S/C22H41F3N4O.CH4O/c1-5-6-12-27-18(22(23,24)25)10-13-29-15-21(26)11-8-7-9-16(21)14-17(29)19(30)28-20(2,3)4;1-2/h16-18,27H,5-15,26H2,1-4H3,(H,28,30);2H,1H3/t16?,17-,18?,21?;/m1./s1. The van der Waals surface area contributed by atoms with Crippen LogP contribution in [0.1, 0.15) is 79.1 Å². The number of piperidine rings is 1. The van der Waals surface area contributed by atoms with Crippen molar-refractivity contribution in [2.45, 2.75) is 108 Å². The molecule has 0 aromatic carbocycles. The maximum atomic E-state index is 13.5. The molecule has 32 heavy (non-hydrogen) atoms. The molecule has 190 valence electrons. The minimum Gasteiger partial charge on any atom is -0.400 e. The number of nitrogens with two attached hydrogens (primary N) is 1. The van der Waals surface area contributed by atoms with Crippen LogP contribution in [0.2, 0.25) is 0 Å². The molecular formula is C23H45F3N4O2. The Labute approximate surface area is 191 Å². The number of hydrogen-bond donors (Lipinski definition) is 4. The molecule has 1 aliphatic carbocycles. The summed E-state index contributed by atoms with van der Waals surface area (Å²) in [5.41, 5.74) is 5.93. The Bertz CT molecular complexity index is 568. The van der Waals surface area contributed by atoms with Crippen molar-refractivity contribution >= 4 is 5.91 Å². The minimum absolute atomic E-state index is 0.0761. The van der Waals surface area contributed by atoms with Crippen LogP contribution in [0.15, 0.2) is 0 Å². The van der Waals surface area contributed by atoms with Crippen LogP contribution in [0.25, 0.3) is 0 Å². The summed E-state index contributed by atoms with van der Waals surface area (Å²) in [6.07, 6.45) is 1.81. The predicted molar refractivity (Wildman–Crippen MR) is 122 cm³/mol. The van der Waals surface area contributed by atoms with Crippen LogP contribution in [0.4, 0.5) is 13.2 Å². The van der Waals surface area contributed by atoms with E-state index in [1.165, 1.54) is 0 Å². The Morgan fingerprint density at radius 2 is 1.91 bits per heavy atom. The Morgan fingerprint density at radius 1 is 1.25 bits per heavy atom. The largest absolute Gasteiger partial charge is 0.403 e. The number of carbonyl (C=O) groups is 1. The number of aliphatic hydroxyl groups excluding tert-OH is 1. The van der Waals surface area contributed by atoms with Crippen LogP contribution in [-0.2, 0) is 4.79 Å². The van der Waals surface area contributed by atoms with Crippen LogP contribution in [0.5, 0.6) is 0 Å². The SMILES string of the molecule is CCCCNC(CCN1CC2(N)CCCCC2C[C@@H]1C(=O)NC(C)(C)C)C(F)(F)F.CO. The van der Waals surface area contributed by atoms with Gasteiger partial charge in [-0.2, -0.15) is 13.2 Å². The van der Waals surface area contributed by atoms with Gasteiger partial charge in [-0.15, -0.1) is 0 Å². The smallest absolute Gasteiger partial charge is 0.400 e. The number of hydrogen-bond acceptors (Lipinski definition) is 5. The summed E-state index contributed by atoms with van der Waals surface area (Å²) in [4.78, 5) is 14.9. The van der Waals surface area contributed by atoms with Crippen molar-refractivity contribution < 1.29 is 23.1 Å². The molecule has 0 radical (unpaired) electrons. The first-order valence-corrected chi connectivity index (χ1v) is 12.0. The van der Waals surface area contributed by atoms with Gasteiger partial charge in [0, 0.05) is 31.3 Å². The van der Waals surface area contributed by atoms with Gasteiger partial charge in [0.25, 0.3) is 0 Å². The van der Waals surface area contributed by atoms with E-state index in [4.69, 9.17) is 10.8 Å². The molecule has 0 aromatic heterocycles. The third-order valence-electron chi connectivity index (χ3n) is 6.53. The van der Waals surface area contributed by atoms with Crippen molar-refractivity contribution in [3.05, 3.63) is 0 Å². The van der Waals surface area contributed by atoms with Gasteiger partial charge in [0.1, 0.15) is 6.04 Å². The normalized spacial score (nSPS) is 27.7. The molecule has 9 heteroatoms. The molecule has 1 aliphatic heterocycles. The van der Waals surface area contributed by atoms with Gasteiger partial charge in [-0.1, -0.05) is 26.2 Å². The number of aliphatic hydroxyl groups is 1. The molecule has 0 aromatic rings. The lowest BCUT2D eigenvalue weighted by molar-refractivity contribution is -0.159. The van der Waals surface area contributed by atoms with E-state index >= 15 is 0 Å². The lowest BCUT2D eigenvalue weighted by atomic mass is 9.67. The van der Waals surface area contributed by atoms with Crippen molar-refractivity contribution in [2.75, 3.05) is 26.7 Å². The second-order valence-corrected chi connectivity index (χ2v) is 10.3. The molecule has 1 saturated heterocycles. The monoisotopic (exact) mass is 466 g/mol. The van der Waals surface area contributed by atoms with E-state index in [0.717, 1.165) is 39.2 Å². The van der Waals surface area contributed by atoms with Crippen molar-refractivity contribution in [1.82, 2.24) is 15.5 Å². The second-order valence-electron chi connectivity index (χ2n) is 10.3. The van der Waals surface area contributed by atoms with Crippen molar-refractivity contribution in [3.63, 3.8) is 0 Å². The van der Waals surface area contributed by atoms with Gasteiger partial charge in [-0.25, -0.2) is 0 Å². The number of alkyl halides is 3. The van der Waals surface area contributed by atoms with E-state index in [1.54, 1.807) is 0 Å². The Kier molecular flexibility index (Phi) is 11.4. The lowest BCUT2D eigenvalue weighted by Gasteiger charge is -2.52. The number of nitrogens with one attached hydrogen (secondary N) is 2. The van der Waals surface area contributed by atoms with Crippen LogP contribution >= 0.6 is 0 Å². The summed E-state index contributed by atoms with van der Waals surface area (Å²) >= 11 is 0. The highest BCUT2D eigenvalue weighted by Gasteiger charge is 2.48. The summed E-state index contributed by atoms with van der Waals surface area (Å²) < 4.78 is 40.6. The zero-order chi connectivity index (χ0) is 24.6. The Balaban J connectivity index is 0.00000249. The molecular weight excluding hydrogens is 421 g/mol. The van der Waals surface area contributed by atoms with Crippen LogP contribution in [0.3, 0.4) is 0 Å². The lowest BCUT2D eigenvalue weighted by Crippen LogP contribution is -2.67. The first kappa shape index (κ1) is 29.1. The van der Waals surface area contributed by atoms with Crippen LogP contribution in [0, 0.1) is 5.92 Å². The maximum Gasteiger partial charge on any atom is 0.403 e. The van der Waals surface area contributed by atoms with Gasteiger partial charge in [0.2, 0.25) is 5.91 Å². The third-order valence-corrected chi connectivity index (χ3v) is 6.53. The number of likely N-dealkylation sites (tertiary alicyclic amines) is 1. The average molecular weight is 467 g/mol. The highest BCUT2D eigenvalue weighted by atomic mass is 19.4. The van der Waals surface area contributed by atoms with Crippen molar-refractivity contribution in [1.29, 1.82) is 0 Å². The van der Waals surface area contributed by atoms with Gasteiger partial charge in [-0.3, -0.25) is 9.69 Å². The summed E-state index contributed by atoms with van der Waals surface area (Å²) in [6, 6.07) is -1.98. The van der Waals surface area contributed by atoms with E-state index in [9.17, 15) is 18.0 Å². The molecule has 1 amide bonds. The number of unbranched alkanes of at least 4 members (excludes halogenated alkanes) is 1. The second kappa shape index (κ2) is 12.5. The van der Waals surface area contributed by atoms with Gasteiger partial charge >= 0.3 is 6.18 Å². The molecule has 1 saturated carbocycles. The molecule has 2 fully saturated rings. The van der Waals surface area contributed by atoms with E-state index < -0.39 is 23.8 Å². The summed E-state index contributed by atoms with van der Waals surface area (Å²) in [5, 5.41) is 12.7. The molecule has 2 rings (SSSR count). The number of rotatable bonds is 8. The van der Waals surface area contributed by atoms with Crippen molar-refractivity contribution in [2.24, 2.45) is 11.7 Å². The highest BCUT2D eigenvalue weighted by molar-refractivity contribution is 5.82. The highest BCUT2D eigenvalue weighted by Crippen LogP contribution is 2.40. The van der Waals surface area contributed by atoms with E-state index in [-0.39, 0.29) is 30.3 Å². The Hall–Kier alpha value is -0.900. The minimum atomic E-state index is -4.31. The van der Waals surface area contributed by atoms with Crippen molar-refractivity contribution in [3.8, 4) is 0 Å². The zero-order valence-corrected chi connectivity index (χ0v) is 20.5. The van der Waals surface area contributed by atoms with Crippen LogP contribution < -0.4 is 16.4 Å². The zero-order valence-electron chi connectivity index (χ0n) is 20.5. The molecule has 0 bridgehead atoms. The molecule has 4 atom stereocenters. The fourth-order valence-electron chi connectivity index (χ4n) is 4.89. The van der Waals surface area contributed by atoms with Crippen LogP contribution in [-0.4, -0.2) is 72.0 Å². The Morgan fingerprint density at radius 3 is 2.47 bits per heavy atom.